The Bertz CT molecular complexity index is 93.6. The molecule has 0 aromatic rings. The highest BCUT2D eigenvalue weighted by Gasteiger charge is 2.19. The lowest BCUT2D eigenvalue weighted by Crippen LogP contribution is -2.39. The first-order valence-corrected chi connectivity index (χ1v) is 4.90. The van der Waals surface area contributed by atoms with E-state index in [0.717, 1.165) is 25.3 Å². The van der Waals surface area contributed by atoms with Gasteiger partial charge in [-0.2, -0.15) is 11.8 Å². The second-order valence-corrected chi connectivity index (χ2v) is 3.94. The van der Waals surface area contributed by atoms with Crippen LogP contribution in [0.25, 0.3) is 0 Å². The zero-order chi connectivity index (χ0) is 7.40. The minimum Gasteiger partial charge on any atom is -0.392 e. The Morgan fingerprint density at radius 3 is 3.10 bits per heavy atom. The molecule has 2 unspecified atom stereocenters. The first kappa shape index (κ1) is 8.37. The highest BCUT2D eigenvalue weighted by molar-refractivity contribution is 8.00. The smallest absolute Gasteiger partial charge is 0.0668 e. The summed E-state index contributed by atoms with van der Waals surface area (Å²) in [5.41, 5.74) is 0. The van der Waals surface area contributed by atoms with Crippen molar-refractivity contribution < 1.29 is 5.11 Å². The van der Waals surface area contributed by atoms with E-state index in [0.29, 0.717) is 5.25 Å². The molecule has 1 heterocycles. The van der Waals surface area contributed by atoms with Crippen LogP contribution in [-0.2, 0) is 0 Å². The quantitative estimate of drug-likeness (QED) is 0.617. The molecule has 0 amide bonds. The molecule has 0 spiro atoms. The third kappa shape index (κ3) is 2.15. The lowest BCUT2D eigenvalue weighted by atomic mass is 10.2. The molecule has 0 aromatic carbocycles. The average molecular weight is 161 g/mol. The Kier molecular flexibility index (Phi) is 3.52. The van der Waals surface area contributed by atoms with Crippen LogP contribution >= 0.6 is 11.8 Å². The first-order chi connectivity index (χ1) is 4.84. The normalized spacial score (nSPS) is 30.0. The molecular formula is C7H15NOS. The minimum atomic E-state index is -0.113. The van der Waals surface area contributed by atoms with Crippen molar-refractivity contribution in [1.82, 2.24) is 5.32 Å². The predicted molar refractivity (Wildman–Crippen MR) is 45.4 cm³/mol. The summed E-state index contributed by atoms with van der Waals surface area (Å²) in [6, 6.07) is 0. The Hall–Kier alpha value is 0.270. The van der Waals surface area contributed by atoms with Crippen LogP contribution in [0.4, 0.5) is 0 Å². The van der Waals surface area contributed by atoms with Gasteiger partial charge < -0.3 is 10.4 Å². The van der Waals surface area contributed by atoms with E-state index in [4.69, 9.17) is 0 Å². The summed E-state index contributed by atoms with van der Waals surface area (Å²) in [6.45, 7) is 4.09. The average Bonchev–Trinajstić information content (AvgIpc) is 2.05. The predicted octanol–water partition coefficient (Wildman–Crippen LogP) is 0.462. The van der Waals surface area contributed by atoms with E-state index < -0.39 is 0 Å². The molecule has 1 aliphatic rings. The summed E-state index contributed by atoms with van der Waals surface area (Å²) in [4.78, 5) is 0. The van der Waals surface area contributed by atoms with Crippen LogP contribution in [0.3, 0.4) is 0 Å². The third-order valence-electron chi connectivity index (χ3n) is 1.80. The second-order valence-electron chi connectivity index (χ2n) is 2.59. The lowest BCUT2D eigenvalue weighted by molar-refractivity contribution is 0.165. The summed E-state index contributed by atoms with van der Waals surface area (Å²) in [5.74, 6) is 1.14. The fourth-order valence-electron chi connectivity index (χ4n) is 1.10. The van der Waals surface area contributed by atoms with Gasteiger partial charge in [-0.15, -0.1) is 0 Å². The van der Waals surface area contributed by atoms with E-state index in [9.17, 15) is 5.11 Å². The van der Waals surface area contributed by atoms with Crippen LogP contribution < -0.4 is 5.32 Å². The number of thioether (sulfide) groups is 1. The zero-order valence-electron chi connectivity index (χ0n) is 6.34. The molecule has 0 aromatic heterocycles. The number of nitrogens with one attached hydrogen (secondary N) is 1. The van der Waals surface area contributed by atoms with Crippen LogP contribution in [-0.4, -0.2) is 35.3 Å². The topological polar surface area (TPSA) is 32.3 Å². The molecule has 0 aliphatic carbocycles. The van der Waals surface area contributed by atoms with Crippen LogP contribution in [0, 0.1) is 0 Å². The van der Waals surface area contributed by atoms with Crippen molar-refractivity contribution in [3.05, 3.63) is 0 Å². The van der Waals surface area contributed by atoms with Crippen LogP contribution in [0.1, 0.15) is 13.3 Å². The molecule has 2 N–H and O–H groups in total. The third-order valence-corrected chi connectivity index (χ3v) is 3.15. The van der Waals surface area contributed by atoms with E-state index in [1.54, 1.807) is 0 Å². The Labute approximate surface area is 66.4 Å². The summed E-state index contributed by atoms with van der Waals surface area (Å²) < 4.78 is 0. The van der Waals surface area contributed by atoms with Gasteiger partial charge in [-0.25, -0.2) is 0 Å². The molecule has 1 fully saturated rings. The number of hydrogen-bond donors (Lipinski definition) is 2. The molecule has 1 saturated heterocycles. The van der Waals surface area contributed by atoms with E-state index in [1.807, 2.05) is 18.7 Å². The number of hydrogen-bond acceptors (Lipinski definition) is 3. The summed E-state index contributed by atoms with van der Waals surface area (Å²) in [6.07, 6.45) is 0.761. The molecule has 2 nitrogen and oxygen atoms in total. The fourth-order valence-corrected chi connectivity index (χ4v) is 2.31. The summed E-state index contributed by atoms with van der Waals surface area (Å²) in [5, 5.41) is 13.1. The molecular weight excluding hydrogens is 146 g/mol. The highest BCUT2D eigenvalue weighted by Crippen LogP contribution is 2.18. The minimum absolute atomic E-state index is 0.113. The molecule has 0 radical (unpaired) electrons. The second kappa shape index (κ2) is 4.21. The number of rotatable bonds is 2. The van der Waals surface area contributed by atoms with Gasteiger partial charge in [0, 0.05) is 24.1 Å². The SMILES string of the molecule is CCC(O)C1CNCCS1. The number of aliphatic hydroxyl groups excluding tert-OH is 1. The lowest BCUT2D eigenvalue weighted by Gasteiger charge is -2.25. The van der Waals surface area contributed by atoms with E-state index >= 15 is 0 Å². The summed E-state index contributed by atoms with van der Waals surface area (Å²) >= 11 is 1.88. The van der Waals surface area contributed by atoms with Gasteiger partial charge in [0.15, 0.2) is 0 Å². The van der Waals surface area contributed by atoms with Crippen LogP contribution in [0.2, 0.25) is 0 Å². The maximum Gasteiger partial charge on any atom is 0.0668 e. The Morgan fingerprint density at radius 2 is 2.60 bits per heavy atom. The number of aliphatic hydroxyl groups is 1. The van der Waals surface area contributed by atoms with Crippen molar-refractivity contribution in [2.45, 2.75) is 24.7 Å². The highest BCUT2D eigenvalue weighted by atomic mass is 32.2. The van der Waals surface area contributed by atoms with Crippen molar-refractivity contribution in [2.75, 3.05) is 18.8 Å². The van der Waals surface area contributed by atoms with Gasteiger partial charge in [0.2, 0.25) is 0 Å². The van der Waals surface area contributed by atoms with Crippen molar-refractivity contribution >= 4 is 11.8 Å². The maximum absolute atomic E-state index is 9.42. The molecule has 10 heavy (non-hydrogen) atoms. The molecule has 60 valence electrons. The summed E-state index contributed by atoms with van der Waals surface area (Å²) in [7, 11) is 0. The molecule has 1 aliphatic heterocycles. The monoisotopic (exact) mass is 161 g/mol. The van der Waals surface area contributed by atoms with Gasteiger partial charge in [0.25, 0.3) is 0 Å². The van der Waals surface area contributed by atoms with Crippen LogP contribution in [0.5, 0.6) is 0 Å². The van der Waals surface area contributed by atoms with Crippen molar-refractivity contribution in [2.24, 2.45) is 0 Å². The van der Waals surface area contributed by atoms with Gasteiger partial charge in [0.05, 0.1) is 6.10 Å². The van der Waals surface area contributed by atoms with Crippen LogP contribution in [0.15, 0.2) is 0 Å². The fraction of sp³-hybridized carbons (Fsp3) is 1.00. The van der Waals surface area contributed by atoms with Gasteiger partial charge in [-0.1, -0.05) is 6.92 Å². The van der Waals surface area contributed by atoms with Gasteiger partial charge in [-0.05, 0) is 6.42 Å². The van der Waals surface area contributed by atoms with Crippen molar-refractivity contribution in [3.63, 3.8) is 0 Å². The molecule has 0 saturated carbocycles. The van der Waals surface area contributed by atoms with Gasteiger partial charge in [-0.3, -0.25) is 0 Å². The Morgan fingerprint density at radius 1 is 1.80 bits per heavy atom. The maximum atomic E-state index is 9.42. The molecule has 2 atom stereocenters. The van der Waals surface area contributed by atoms with Crippen molar-refractivity contribution in [1.29, 1.82) is 0 Å². The van der Waals surface area contributed by atoms with Crippen molar-refractivity contribution in [3.8, 4) is 0 Å². The van der Waals surface area contributed by atoms with E-state index in [-0.39, 0.29) is 6.10 Å². The Balaban J connectivity index is 2.24. The first-order valence-electron chi connectivity index (χ1n) is 3.85. The largest absolute Gasteiger partial charge is 0.392 e. The molecule has 3 heteroatoms. The molecule has 1 rings (SSSR count). The van der Waals surface area contributed by atoms with E-state index in [2.05, 4.69) is 5.32 Å². The standard InChI is InChI=1S/C7H15NOS/c1-2-6(9)7-5-8-3-4-10-7/h6-9H,2-5H2,1H3. The zero-order valence-corrected chi connectivity index (χ0v) is 7.16. The molecule has 0 bridgehead atoms. The van der Waals surface area contributed by atoms with E-state index in [1.165, 1.54) is 0 Å². The van der Waals surface area contributed by atoms with Gasteiger partial charge in [0.1, 0.15) is 0 Å². The van der Waals surface area contributed by atoms with Gasteiger partial charge >= 0.3 is 0 Å².